The molecule has 0 amide bonds. The van der Waals surface area contributed by atoms with Gasteiger partial charge < -0.3 is 19.6 Å². The molecule has 2 aromatic heterocycles. The third-order valence-corrected chi connectivity index (χ3v) is 3.83. The predicted octanol–water partition coefficient (Wildman–Crippen LogP) is 3.06. The van der Waals surface area contributed by atoms with Gasteiger partial charge in [0.2, 0.25) is 0 Å². The molecule has 0 atom stereocenters. The van der Waals surface area contributed by atoms with Crippen molar-refractivity contribution < 1.29 is 14.3 Å². The fraction of sp³-hybridized carbons (Fsp3) is 0.278. The maximum absolute atomic E-state index is 9.27. The molecule has 24 heavy (non-hydrogen) atoms. The lowest BCUT2D eigenvalue weighted by Crippen LogP contribution is -2.10. The summed E-state index contributed by atoms with van der Waals surface area (Å²) in [5.41, 5.74) is 2.88. The van der Waals surface area contributed by atoms with E-state index in [0.717, 1.165) is 34.1 Å². The molecule has 0 saturated heterocycles. The van der Waals surface area contributed by atoms with E-state index in [0.29, 0.717) is 13.1 Å². The van der Waals surface area contributed by atoms with Gasteiger partial charge in [-0.05, 0) is 30.7 Å². The molecule has 0 radical (unpaired) electrons. The molecule has 6 heteroatoms. The molecule has 126 valence electrons. The molecular formula is C18H21N3O3. The average Bonchev–Trinajstić information content (AvgIpc) is 3.19. The van der Waals surface area contributed by atoms with Crippen LogP contribution in [0.15, 0.2) is 47.1 Å². The molecule has 0 aliphatic heterocycles. The van der Waals surface area contributed by atoms with Gasteiger partial charge in [-0.1, -0.05) is 12.1 Å². The van der Waals surface area contributed by atoms with Gasteiger partial charge in [-0.15, -0.1) is 0 Å². The van der Waals surface area contributed by atoms with Crippen molar-refractivity contribution in [1.82, 2.24) is 9.78 Å². The number of aromatic nitrogens is 2. The van der Waals surface area contributed by atoms with E-state index in [1.165, 1.54) is 0 Å². The molecule has 1 aromatic carbocycles. The van der Waals surface area contributed by atoms with Crippen LogP contribution in [0.5, 0.6) is 5.75 Å². The summed E-state index contributed by atoms with van der Waals surface area (Å²) in [5.74, 6) is 2.50. The lowest BCUT2D eigenvalue weighted by molar-refractivity contribution is 0.270. The Morgan fingerprint density at radius 3 is 2.88 bits per heavy atom. The van der Waals surface area contributed by atoms with Crippen LogP contribution in [0, 0.1) is 6.92 Å². The molecular weight excluding hydrogens is 306 g/mol. The van der Waals surface area contributed by atoms with Crippen molar-refractivity contribution in [1.29, 1.82) is 0 Å². The van der Waals surface area contributed by atoms with Crippen LogP contribution < -0.4 is 10.1 Å². The second-order valence-electron chi connectivity index (χ2n) is 5.46. The van der Waals surface area contributed by atoms with Crippen LogP contribution in [0.1, 0.15) is 11.3 Å². The number of aliphatic hydroxyl groups excluding tert-OH is 1. The average molecular weight is 327 g/mol. The molecule has 0 aliphatic carbocycles. The topological polar surface area (TPSA) is 72.5 Å². The molecule has 0 spiro atoms. The van der Waals surface area contributed by atoms with Crippen molar-refractivity contribution in [3.05, 3.63) is 54.0 Å². The summed E-state index contributed by atoms with van der Waals surface area (Å²) in [6.07, 6.45) is 1.65. The van der Waals surface area contributed by atoms with Gasteiger partial charge >= 0.3 is 0 Å². The SMILES string of the molecule is COc1cccc(CNc2cc(-c3ccoc3C)nn2CCO)c1. The van der Waals surface area contributed by atoms with Crippen LogP contribution in [0.4, 0.5) is 5.82 Å². The molecule has 0 saturated carbocycles. The number of rotatable bonds is 7. The number of nitrogens with one attached hydrogen (secondary N) is 1. The predicted molar refractivity (Wildman–Crippen MR) is 92.1 cm³/mol. The van der Waals surface area contributed by atoms with E-state index in [2.05, 4.69) is 10.4 Å². The van der Waals surface area contributed by atoms with Gasteiger partial charge in [0.25, 0.3) is 0 Å². The van der Waals surface area contributed by atoms with Crippen molar-refractivity contribution in [2.24, 2.45) is 0 Å². The number of anilines is 1. The summed E-state index contributed by atoms with van der Waals surface area (Å²) < 4.78 is 12.4. The Bertz CT molecular complexity index is 807. The maximum Gasteiger partial charge on any atom is 0.125 e. The molecule has 0 unspecified atom stereocenters. The lowest BCUT2D eigenvalue weighted by atomic mass is 10.2. The largest absolute Gasteiger partial charge is 0.497 e. The molecule has 3 rings (SSSR count). The van der Waals surface area contributed by atoms with Crippen LogP contribution in [0.2, 0.25) is 0 Å². The summed E-state index contributed by atoms with van der Waals surface area (Å²) in [7, 11) is 1.66. The smallest absolute Gasteiger partial charge is 0.125 e. The van der Waals surface area contributed by atoms with Gasteiger partial charge in [0.1, 0.15) is 17.3 Å². The van der Waals surface area contributed by atoms with Crippen LogP contribution in [-0.2, 0) is 13.1 Å². The minimum Gasteiger partial charge on any atom is -0.497 e. The van der Waals surface area contributed by atoms with Crippen molar-refractivity contribution in [2.75, 3.05) is 19.0 Å². The van der Waals surface area contributed by atoms with Gasteiger partial charge in [-0.25, -0.2) is 4.68 Å². The number of benzene rings is 1. The first-order valence-electron chi connectivity index (χ1n) is 7.81. The highest BCUT2D eigenvalue weighted by atomic mass is 16.5. The zero-order chi connectivity index (χ0) is 16.9. The first-order chi connectivity index (χ1) is 11.7. The Morgan fingerprint density at radius 1 is 1.29 bits per heavy atom. The summed E-state index contributed by atoms with van der Waals surface area (Å²) in [5, 5.41) is 17.2. The van der Waals surface area contributed by atoms with E-state index >= 15 is 0 Å². The minimum atomic E-state index is 0.0271. The van der Waals surface area contributed by atoms with Crippen molar-refractivity contribution >= 4 is 5.82 Å². The maximum atomic E-state index is 9.27. The fourth-order valence-corrected chi connectivity index (χ4v) is 2.58. The van der Waals surface area contributed by atoms with Crippen LogP contribution in [0.25, 0.3) is 11.3 Å². The first kappa shape index (κ1) is 16.1. The monoisotopic (exact) mass is 327 g/mol. The van der Waals surface area contributed by atoms with E-state index in [1.807, 2.05) is 43.3 Å². The third-order valence-electron chi connectivity index (χ3n) is 3.83. The van der Waals surface area contributed by atoms with E-state index in [1.54, 1.807) is 18.1 Å². The van der Waals surface area contributed by atoms with Crippen molar-refractivity contribution in [3.63, 3.8) is 0 Å². The number of aliphatic hydroxyl groups is 1. The minimum absolute atomic E-state index is 0.0271. The number of nitrogens with zero attached hydrogens (tertiary/aromatic N) is 2. The summed E-state index contributed by atoms with van der Waals surface area (Å²) in [6, 6.07) is 11.8. The summed E-state index contributed by atoms with van der Waals surface area (Å²) in [6.45, 7) is 3.00. The third kappa shape index (κ3) is 3.44. The second kappa shape index (κ2) is 7.23. The van der Waals surface area contributed by atoms with Crippen LogP contribution in [0.3, 0.4) is 0 Å². The van der Waals surface area contributed by atoms with E-state index in [-0.39, 0.29) is 6.61 Å². The Balaban J connectivity index is 1.81. The first-order valence-corrected chi connectivity index (χ1v) is 7.81. The van der Waals surface area contributed by atoms with Crippen molar-refractivity contribution in [3.8, 4) is 17.0 Å². The normalized spacial score (nSPS) is 10.8. The fourth-order valence-electron chi connectivity index (χ4n) is 2.58. The number of hydrogen-bond donors (Lipinski definition) is 2. The molecule has 2 N–H and O–H groups in total. The van der Waals surface area contributed by atoms with Crippen LogP contribution in [-0.4, -0.2) is 28.6 Å². The molecule has 0 aliphatic rings. The zero-order valence-corrected chi connectivity index (χ0v) is 13.8. The zero-order valence-electron chi connectivity index (χ0n) is 13.8. The molecule has 0 fully saturated rings. The lowest BCUT2D eigenvalue weighted by Gasteiger charge is -2.09. The molecule has 0 bridgehead atoms. The van der Waals surface area contributed by atoms with Crippen LogP contribution >= 0.6 is 0 Å². The van der Waals surface area contributed by atoms with Gasteiger partial charge in [0.05, 0.1) is 32.2 Å². The highest BCUT2D eigenvalue weighted by molar-refractivity contribution is 5.64. The summed E-state index contributed by atoms with van der Waals surface area (Å²) >= 11 is 0. The highest BCUT2D eigenvalue weighted by Gasteiger charge is 2.12. The Hall–Kier alpha value is -2.73. The molecule has 6 nitrogen and oxygen atoms in total. The number of furan rings is 1. The van der Waals surface area contributed by atoms with Crippen molar-refractivity contribution in [2.45, 2.75) is 20.0 Å². The second-order valence-corrected chi connectivity index (χ2v) is 5.46. The van der Waals surface area contributed by atoms with Gasteiger partial charge in [-0.3, -0.25) is 0 Å². The Kier molecular flexibility index (Phi) is 4.86. The Labute approximate surface area is 140 Å². The number of hydrogen-bond acceptors (Lipinski definition) is 5. The van der Waals surface area contributed by atoms with E-state index < -0.39 is 0 Å². The number of methoxy groups -OCH3 is 1. The Morgan fingerprint density at radius 2 is 2.17 bits per heavy atom. The van der Waals surface area contributed by atoms with Gasteiger partial charge in [0.15, 0.2) is 0 Å². The number of aryl methyl sites for hydroxylation is 1. The van der Waals surface area contributed by atoms with E-state index in [4.69, 9.17) is 9.15 Å². The standard InChI is InChI=1S/C18H21N3O3/c1-13-16(6-9-24-13)17-11-18(21(20-17)7-8-22)19-12-14-4-3-5-15(10-14)23-2/h3-6,9-11,19,22H,7-8,12H2,1-2H3. The number of ether oxygens (including phenoxy) is 1. The highest BCUT2D eigenvalue weighted by Crippen LogP contribution is 2.26. The van der Waals surface area contributed by atoms with Gasteiger partial charge in [0, 0.05) is 18.2 Å². The summed E-state index contributed by atoms with van der Waals surface area (Å²) in [4.78, 5) is 0. The quantitative estimate of drug-likeness (QED) is 0.698. The van der Waals surface area contributed by atoms with Gasteiger partial charge in [-0.2, -0.15) is 5.10 Å². The van der Waals surface area contributed by atoms with E-state index in [9.17, 15) is 5.11 Å². The molecule has 3 aromatic rings. The molecule has 2 heterocycles.